The Morgan fingerprint density at radius 2 is 1.96 bits per heavy atom. The van der Waals surface area contributed by atoms with E-state index < -0.39 is 0 Å². The molecule has 0 radical (unpaired) electrons. The third kappa shape index (κ3) is 4.86. The van der Waals surface area contributed by atoms with Gasteiger partial charge >= 0.3 is 0 Å². The topological polar surface area (TPSA) is 45.5 Å². The van der Waals surface area contributed by atoms with Crippen molar-refractivity contribution in [2.45, 2.75) is 38.1 Å². The highest BCUT2D eigenvalue weighted by Crippen LogP contribution is 2.23. The van der Waals surface area contributed by atoms with E-state index in [-0.39, 0.29) is 11.8 Å². The van der Waals surface area contributed by atoms with Crippen molar-refractivity contribution in [3.05, 3.63) is 59.0 Å². The van der Waals surface area contributed by atoms with Gasteiger partial charge in [-0.25, -0.2) is 0 Å². The van der Waals surface area contributed by atoms with Crippen molar-refractivity contribution in [3.8, 4) is 0 Å². The third-order valence-corrected chi connectivity index (χ3v) is 5.16. The Bertz CT molecular complexity index is 664. The molecule has 4 nitrogen and oxygen atoms in total. The van der Waals surface area contributed by atoms with Crippen LogP contribution in [0.5, 0.6) is 0 Å². The number of likely N-dealkylation sites (tertiary alicyclic amines) is 1. The third-order valence-electron chi connectivity index (χ3n) is 4.91. The first kappa shape index (κ1) is 18.0. The van der Waals surface area contributed by atoms with Crippen molar-refractivity contribution < 1.29 is 9.21 Å². The van der Waals surface area contributed by atoms with Crippen LogP contribution in [0.25, 0.3) is 0 Å². The van der Waals surface area contributed by atoms with E-state index in [4.69, 9.17) is 16.0 Å². The zero-order valence-electron chi connectivity index (χ0n) is 14.6. The van der Waals surface area contributed by atoms with E-state index in [1.54, 1.807) is 6.26 Å². The fourth-order valence-electron chi connectivity index (χ4n) is 3.37. The maximum Gasteiger partial charge on any atom is 0.228 e. The number of rotatable bonds is 7. The molecule has 1 aliphatic heterocycles. The Labute approximate surface area is 154 Å². The minimum Gasteiger partial charge on any atom is -0.469 e. The van der Waals surface area contributed by atoms with E-state index in [0.29, 0.717) is 24.0 Å². The van der Waals surface area contributed by atoms with Gasteiger partial charge in [0.1, 0.15) is 5.76 Å². The Morgan fingerprint density at radius 1 is 1.24 bits per heavy atom. The van der Waals surface area contributed by atoms with Crippen LogP contribution in [0.2, 0.25) is 5.02 Å². The molecule has 1 fully saturated rings. The van der Waals surface area contributed by atoms with Gasteiger partial charge < -0.3 is 9.73 Å². The highest BCUT2D eigenvalue weighted by Gasteiger charge is 2.24. The molecule has 1 aromatic carbocycles. The van der Waals surface area contributed by atoms with E-state index in [1.807, 2.05) is 36.4 Å². The van der Waals surface area contributed by atoms with Gasteiger partial charge in [0.05, 0.1) is 12.2 Å². The van der Waals surface area contributed by atoms with Crippen LogP contribution in [0.15, 0.2) is 47.1 Å². The Hall–Kier alpha value is -1.78. The molecule has 1 aliphatic rings. The quantitative estimate of drug-likeness (QED) is 0.815. The van der Waals surface area contributed by atoms with Crippen LogP contribution in [0.3, 0.4) is 0 Å². The van der Waals surface area contributed by atoms with Crippen LogP contribution in [-0.4, -0.2) is 36.5 Å². The van der Waals surface area contributed by atoms with Gasteiger partial charge in [-0.15, -0.1) is 0 Å². The molecule has 0 spiro atoms. The van der Waals surface area contributed by atoms with Gasteiger partial charge in [0.15, 0.2) is 0 Å². The SMILES string of the molecule is CC(CNC(=O)C(Cc1ccco1)c1ccc(Cl)cc1)N1CCCC1. The van der Waals surface area contributed by atoms with Crippen LogP contribution in [0, 0.1) is 0 Å². The molecule has 0 aliphatic carbocycles. The van der Waals surface area contributed by atoms with Crippen molar-refractivity contribution in [2.24, 2.45) is 0 Å². The molecule has 0 saturated carbocycles. The van der Waals surface area contributed by atoms with E-state index in [2.05, 4.69) is 17.1 Å². The van der Waals surface area contributed by atoms with Crippen LogP contribution in [0.4, 0.5) is 0 Å². The number of amides is 1. The number of halogens is 1. The number of nitrogens with zero attached hydrogens (tertiary/aromatic N) is 1. The standard InChI is InChI=1S/C20H25ClN2O2/c1-15(23-10-2-3-11-23)14-22-20(24)19(13-18-5-4-12-25-18)16-6-8-17(21)9-7-16/h4-9,12,15,19H,2-3,10-11,13-14H2,1H3,(H,22,24). The maximum atomic E-state index is 12.9. The smallest absolute Gasteiger partial charge is 0.228 e. The minimum atomic E-state index is -0.283. The molecule has 1 N–H and O–H groups in total. The average Bonchev–Trinajstić information content (AvgIpc) is 3.31. The fraction of sp³-hybridized carbons (Fsp3) is 0.450. The lowest BCUT2D eigenvalue weighted by atomic mass is 9.93. The summed E-state index contributed by atoms with van der Waals surface area (Å²) in [4.78, 5) is 15.3. The first-order chi connectivity index (χ1) is 12.1. The van der Waals surface area contributed by atoms with Gasteiger partial charge in [-0.1, -0.05) is 23.7 Å². The van der Waals surface area contributed by atoms with E-state index >= 15 is 0 Å². The molecule has 2 aromatic rings. The molecule has 3 rings (SSSR count). The minimum absolute atomic E-state index is 0.0322. The van der Waals surface area contributed by atoms with E-state index in [1.165, 1.54) is 12.8 Å². The van der Waals surface area contributed by atoms with E-state index in [0.717, 1.165) is 24.4 Å². The molecule has 25 heavy (non-hydrogen) atoms. The average molecular weight is 361 g/mol. The van der Waals surface area contributed by atoms with Crippen molar-refractivity contribution >= 4 is 17.5 Å². The molecule has 0 bridgehead atoms. The number of carbonyl (C=O) groups excluding carboxylic acids is 1. The molecule has 2 atom stereocenters. The van der Waals surface area contributed by atoms with Crippen LogP contribution < -0.4 is 5.32 Å². The fourth-order valence-corrected chi connectivity index (χ4v) is 3.50. The lowest BCUT2D eigenvalue weighted by Crippen LogP contribution is -2.42. The summed E-state index contributed by atoms with van der Waals surface area (Å²) in [6.07, 6.45) is 4.69. The van der Waals surface area contributed by atoms with Crippen molar-refractivity contribution in [1.29, 1.82) is 0 Å². The zero-order valence-corrected chi connectivity index (χ0v) is 15.3. The number of hydrogen-bond donors (Lipinski definition) is 1. The highest BCUT2D eigenvalue weighted by atomic mass is 35.5. The number of carbonyl (C=O) groups is 1. The molecular weight excluding hydrogens is 336 g/mol. The Balaban J connectivity index is 1.66. The molecule has 1 amide bonds. The first-order valence-electron chi connectivity index (χ1n) is 8.93. The van der Waals surface area contributed by atoms with E-state index in [9.17, 15) is 4.79 Å². The Morgan fingerprint density at radius 3 is 2.60 bits per heavy atom. The van der Waals surface area contributed by atoms with Crippen molar-refractivity contribution in [2.75, 3.05) is 19.6 Å². The number of hydrogen-bond acceptors (Lipinski definition) is 3. The summed E-state index contributed by atoms with van der Waals surface area (Å²) in [7, 11) is 0. The first-order valence-corrected chi connectivity index (χ1v) is 9.31. The molecule has 2 heterocycles. The Kier molecular flexibility index (Phi) is 6.16. The number of nitrogens with one attached hydrogen (secondary N) is 1. The van der Waals surface area contributed by atoms with Gasteiger partial charge in [0.2, 0.25) is 5.91 Å². The molecule has 134 valence electrons. The largest absolute Gasteiger partial charge is 0.469 e. The monoisotopic (exact) mass is 360 g/mol. The summed E-state index contributed by atoms with van der Waals surface area (Å²) in [6, 6.07) is 11.6. The lowest BCUT2D eigenvalue weighted by Gasteiger charge is -2.25. The summed E-state index contributed by atoms with van der Waals surface area (Å²) in [5.74, 6) is 0.557. The molecule has 1 saturated heterocycles. The molecule has 5 heteroatoms. The second-order valence-corrected chi connectivity index (χ2v) is 7.16. The molecule has 1 aromatic heterocycles. The molecular formula is C20H25ClN2O2. The van der Waals surface area contributed by atoms with Crippen LogP contribution >= 0.6 is 11.6 Å². The summed E-state index contributed by atoms with van der Waals surface area (Å²) in [6.45, 7) is 5.10. The predicted octanol–water partition coefficient (Wildman–Crippen LogP) is 3.86. The van der Waals surface area contributed by atoms with Crippen LogP contribution in [0.1, 0.15) is 37.0 Å². The van der Waals surface area contributed by atoms with Crippen molar-refractivity contribution in [1.82, 2.24) is 10.2 Å². The summed E-state index contributed by atoms with van der Waals surface area (Å²) >= 11 is 5.99. The van der Waals surface area contributed by atoms with Crippen LogP contribution in [-0.2, 0) is 11.2 Å². The predicted molar refractivity (Wildman–Crippen MR) is 99.9 cm³/mol. The second-order valence-electron chi connectivity index (χ2n) is 6.72. The number of furan rings is 1. The van der Waals surface area contributed by atoms with Gasteiger partial charge in [-0.05, 0) is 62.7 Å². The summed E-state index contributed by atoms with van der Waals surface area (Å²) in [5, 5.41) is 3.80. The van der Waals surface area contributed by atoms with Crippen molar-refractivity contribution in [3.63, 3.8) is 0 Å². The van der Waals surface area contributed by atoms with Gasteiger partial charge in [-0.2, -0.15) is 0 Å². The molecule has 2 unspecified atom stereocenters. The van der Waals surface area contributed by atoms with Gasteiger partial charge in [-0.3, -0.25) is 9.69 Å². The second kappa shape index (κ2) is 8.54. The zero-order chi connectivity index (χ0) is 17.6. The number of benzene rings is 1. The summed E-state index contributed by atoms with van der Waals surface area (Å²) in [5.41, 5.74) is 0.951. The summed E-state index contributed by atoms with van der Waals surface area (Å²) < 4.78 is 5.45. The van der Waals surface area contributed by atoms with Gasteiger partial charge in [0.25, 0.3) is 0 Å². The van der Waals surface area contributed by atoms with Gasteiger partial charge in [0, 0.05) is 24.0 Å². The lowest BCUT2D eigenvalue weighted by molar-refractivity contribution is -0.122. The maximum absolute atomic E-state index is 12.9. The highest BCUT2D eigenvalue weighted by molar-refractivity contribution is 6.30. The normalized spacial score (nSPS) is 17.4.